The lowest BCUT2D eigenvalue weighted by Gasteiger charge is -2.20. The predicted octanol–water partition coefficient (Wildman–Crippen LogP) is 1.87. The number of hydrogen-bond donors (Lipinski definition) is 1. The molecule has 2 atom stereocenters. The van der Waals surface area contributed by atoms with Crippen molar-refractivity contribution in [2.45, 2.75) is 12.5 Å². The Morgan fingerprint density at radius 1 is 1.56 bits per heavy atom. The fourth-order valence-electron chi connectivity index (χ4n) is 2.06. The summed E-state index contributed by atoms with van der Waals surface area (Å²) in [4.78, 5) is 0. The van der Waals surface area contributed by atoms with Gasteiger partial charge in [0.25, 0.3) is 0 Å². The molecule has 3 nitrogen and oxygen atoms in total. The third-order valence-electron chi connectivity index (χ3n) is 3.02. The molecule has 0 saturated carbocycles. The van der Waals surface area contributed by atoms with Crippen molar-refractivity contribution in [2.24, 2.45) is 11.7 Å². The lowest BCUT2D eigenvalue weighted by atomic mass is 9.92. The first-order valence-corrected chi connectivity index (χ1v) is 5.39. The van der Waals surface area contributed by atoms with Gasteiger partial charge in [0.1, 0.15) is 11.6 Å². The number of halogens is 1. The Morgan fingerprint density at radius 3 is 3.00 bits per heavy atom. The van der Waals surface area contributed by atoms with Crippen LogP contribution >= 0.6 is 0 Å². The first kappa shape index (κ1) is 11.4. The fraction of sp³-hybridized carbons (Fsp3) is 0.500. The van der Waals surface area contributed by atoms with E-state index in [9.17, 15) is 4.39 Å². The van der Waals surface area contributed by atoms with Crippen LogP contribution in [0, 0.1) is 11.7 Å². The molecule has 0 radical (unpaired) electrons. The molecule has 1 aromatic carbocycles. The van der Waals surface area contributed by atoms with E-state index in [4.69, 9.17) is 15.2 Å². The van der Waals surface area contributed by atoms with Gasteiger partial charge in [0.2, 0.25) is 0 Å². The summed E-state index contributed by atoms with van der Waals surface area (Å²) in [7, 11) is 1.56. The highest BCUT2D eigenvalue weighted by Gasteiger charge is 2.26. The standard InChI is InChI=1S/C12H16FNO2/c1-15-11-3-2-9(13)6-10(11)12(14)8-4-5-16-7-8/h2-3,6,8,12H,4-5,7,14H2,1H3. The molecule has 0 aromatic heterocycles. The maximum absolute atomic E-state index is 13.2. The molecular formula is C12H16FNO2. The molecule has 4 heteroatoms. The van der Waals surface area contributed by atoms with Crippen molar-refractivity contribution in [3.05, 3.63) is 29.6 Å². The summed E-state index contributed by atoms with van der Waals surface area (Å²) in [5, 5.41) is 0. The molecule has 2 rings (SSSR count). The number of methoxy groups -OCH3 is 1. The molecule has 0 spiro atoms. The molecule has 88 valence electrons. The molecule has 1 aliphatic rings. The van der Waals surface area contributed by atoms with Crippen LogP contribution in [-0.2, 0) is 4.74 Å². The highest BCUT2D eigenvalue weighted by atomic mass is 19.1. The minimum Gasteiger partial charge on any atom is -0.496 e. The lowest BCUT2D eigenvalue weighted by Crippen LogP contribution is -2.22. The van der Waals surface area contributed by atoms with Crippen LogP contribution in [0.25, 0.3) is 0 Å². The van der Waals surface area contributed by atoms with E-state index >= 15 is 0 Å². The zero-order valence-electron chi connectivity index (χ0n) is 9.28. The zero-order valence-corrected chi connectivity index (χ0v) is 9.28. The minimum absolute atomic E-state index is 0.229. The Labute approximate surface area is 94.3 Å². The molecule has 1 fully saturated rings. The third kappa shape index (κ3) is 2.18. The van der Waals surface area contributed by atoms with E-state index in [1.165, 1.54) is 12.1 Å². The van der Waals surface area contributed by atoms with Gasteiger partial charge < -0.3 is 15.2 Å². The van der Waals surface area contributed by atoms with Gasteiger partial charge in [-0.2, -0.15) is 0 Å². The topological polar surface area (TPSA) is 44.5 Å². The molecule has 1 heterocycles. The van der Waals surface area contributed by atoms with Crippen LogP contribution in [0.5, 0.6) is 5.75 Å². The third-order valence-corrected chi connectivity index (χ3v) is 3.02. The first-order valence-electron chi connectivity index (χ1n) is 5.39. The van der Waals surface area contributed by atoms with Gasteiger partial charge in [-0.3, -0.25) is 0 Å². The Balaban J connectivity index is 2.26. The number of hydrogen-bond acceptors (Lipinski definition) is 3. The molecule has 1 saturated heterocycles. The molecule has 1 aromatic rings. The molecular weight excluding hydrogens is 209 g/mol. The molecule has 16 heavy (non-hydrogen) atoms. The summed E-state index contributed by atoms with van der Waals surface area (Å²) >= 11 is 0. The Kier molecular flexibility index (Phi) is 3.41. The normalized spacial score (nSPS) is 22.1. The average Bonchev–Trinajstić information content (AvgIpc) is 2.81. The van der Waals surface area contributed by atoms with Crippen LogP contribution in [0.3, 0.4) is 0 Å². The highest BCUT2D eigenvalue weighted by Crippen LogP contribution is 2.32. The smallest absolute Gasteiger partial charge is 0.123 e. The van der Waals surface area contributed by atoms with Crippen LogP contribution in [0.15, 0.2) is 18.2 Å². The van der Waals surface area contributed by atoms with Crippen molar-refractivity contribution in [3.8, 4) is 5.75 Å². The van der Waals surface area contributed by atoms with Gasteiger partial charge in [0.15, 0.2) is 0 Å². The number of rotatable bonds is 3. The van der Waals surface area contributed by atoms with Gasteiger partial charge in [-0.25, -0.2) is 4.39 Å². The number of benzene rings is 1. The van der Waals surface area contributed by atoms with Crippen molar-refractivity contribution >= 4 is 0 Å². The summed E-state index contributed by atoms with van der Waals surface area (Å²) in [6.07, 6.45) is 0.917. The van der Waals surface area contributed by atoms with Gasteiger partial charge in [-0.15, -0.1) is 0 Å². The van der Waals surface area contributed by atoms with Gasteiger partial charge in [0, 0.05) is 24.1 Å². The van der Waals surface area contributed by atoms with E-state index in [1.54, 1.807) is 13.2 Å². The average molecular weight is 225 g/mol. The molecule has 2 unspecified atom stereocenters. The Hall–Kier alpha value is -1.13. The summed E-state index contributed by atoms with van der Waals surface area (Å²) in [5.74, 6) is 0.599. The largest absolute Gasteiger partial charge is 0.496 e. The maximum atomic E-state index is 13.2. The quantitative estimate of drug-likeness (QED) is 0.854. The minimum atomic E-state index is -0.287. The lowest BCUT2D eigenvalue weighted by molar-refractivity contribution is 0.180. The van der Waals surface area contributed by atoms with Crippen LogP contribution < -0.4 is 10.5 Å². The highest BCUT2D eigenvalue weighted by molar-refractivity contribution is 5.36. The fourth-order valence-corrected chi connectivity index (χ4v) is 2.06. The summed E-state index contributed by atoms with van der Waals surface area (Å²) in [5.41, 5.74) is 6.84. The summed E-state index contributed by atoms with van der Waals surface area (Å²) in [6, 6.07) is 4.20. The van der Waals surface area contributed by atoms with Crippen LogP contribution in [0.1, 0.15) is 18.0 Å². The van der Waals surface area contributed by atoms with E-state index in [1.807, 2.05) is 0 Å². The molecule has 2 N–H and O–H groups in total. The first-order chi connectivity index (χ1) is 7.72. The second-order valence-electron chi connectivity index (χ2n) is 4.04. The Morgan fingerprint density at radius 2 is 2.38 bits per heavy atom. The van der Waals surface area contributed by atoms with E-state index in [2.05, 4.69) is 0 Å². The zero-order chi connectivity index (χ0) is 11.5. The van der Waals surface area contributed by atoms with Gasteiger partial charge in [-0.1, -0.05) is 0 Å². The van der Waals surface area contributed by atoms with Gasteiger partial charge in [0.05, 0.1) is 13.7 Å². The SMILES string of the molecule is COc1ccc(F)cc1C(N)C1CCOC1. The molecule has 0 bridgehead atoms. The van der Waals surface area contributed by atoms with E-state index in [0.717, 1.165) is 18.6 Å². The summed E-state index contributed by atoms with van der Waals surface area (Å²) in [6.45, 7) is 1.37. The van der Waals surface area contributed by atoms with E-state index in [0.29, 0.717) is 12.4 Å². The molecule has 0 aliphatic carbocycles. The van der Waals surface area contributed by atoms with Crippen LogP contribution in [0.4, 0.5) is 4.39 Å². The number of ether oxygens (including phenoxy) is 2. The number of nitrogens with two attached hydrogens (primary N) is 1. The van der Waals surface area contributed by atoms with E-state index < -0.39 is 0 Å². The second-order valence-corrected chi connectivity index (χ2v) is 4.04. The Bertz CT molecular complexity index is 364. The summed E-state index contributed by atoms with van der Waals surface area (Å²) < 4.78 is 23.7. The molecule has 0 amide bonds. The van der Waals surface area contributed by atoms with Gasteiger partial charge in [-0.05, 0) is 24.6 Å². The maximum Gasteiger partial charge on any atom is 0.123 e. The van der Waals surface area contributed by atoms with Crippen molar-refractivity contribution < 1.29 is 13.9 Å². The molecule has 1 aliphatic heterocycles. The van der Waals surface area contributed by atoms with Gasteiger partial charge >= 0.3 is 0 Å². The monoisotopic (exact) mass is 225 g/mol. The van der Waals surface area contributed by atoms with E-state index in [-0.39, 0.29) is 17.8 Å². The van der Waals surface area contributed by atoms with Crippen LogP contribution in [0.2, 0.25) is 0 Å². The second kappa shape index (κ2) is 4.80. The van der Waals surface area contributed by atoms with Crippen molar-refractivity contribution in [1.29, 1.82) is 0 Å². The van der Waals surface area contributed by atoms with Crippen molar-refractivity contribution in [3.63, 3.8) is 0 Å². The van der Waals surface area contributed by atoms with Crippen LogP contribution in [-0.4, -0.2) is 20.3 Å². The van der Waals surface area contributed by atoms with Crippen molar-refractivity contribution in [1.82, 2.24) is 0 Å². The van der Waals surface area contributed by atoms with Crippen molar-refractivity contribution in [2.75, 3.05) is 20.3 Å². The predicted molar refractivity (Wildman–Crippen MR) is 58.8 cm³/mol.